The van der Waals surface area contributed by atoms with Crippen molar-refractivity contribution in [3.63, 3.8) is 0 Å². The molecule has 0 aliphatic rings. The number of carbonyl (C=O) groups is 2. The summed E-state index contributed by atoms with van der Waals surface area (Å²) in [6.45, 7) is 1.50. The summed E-state index contributed by atoms with van der Waals surface area (Å²) in [5.74, 6) is 0.0460. The largest absolute Gasteiger partial charge is 0.496 e. The van der Waals surface area contributed by atoms with E-state index < -0.39 is 5.97 Å². The van der Waals surface area contributed by atoms with E-state index in [-0.39, 0.29) is 18.8 Å². The van der Waals surface area contributed by atoms with Gasteiger partial charge in [-0.1, -0.05) is 24.3 Å². The first-order chi connectivity index (χ1) is 8.63. The molecule has 0 bridgehead atoms. The van der Waals surface area contributed by atoms with E-state index in [1.807, 2.05) is 24.3 Å². The number of carbonyl (C=O) groups excluding carboxylic acids is 2. The molecule has 0 atom stereocenters. The highest BCUT2D eigenvalue weighted by molar-refractivity contribution is 5.94. The lowest BCUT2D eigenvalue weighted by Crippen LogP contribution is -2.08. The van der Waals surface area contributed by atoms with Gasteiger partial charge in [0.15, 0.2) is 0 Å². The molecule has 0 N–H and O–H groups in total. The van der Waals surface area contributed by atoms with Crippen LogP contribution in [0, 0.1) is 0 Å². The number of ketones is 1. The normalized spacial score (nSPS) is 10.3. The Kier molecular flexibility index (Phi) is 5.64. The lowest BCUT2D eigenvalue weighted by molar-refractivity contribution is -0.144. The Bertz CT molecular complexity index is 449. The van der Waals surface area contributed by atoms with Crippen molar-refractivity contribution in [3.05, 3.63) is 35.9 Å². The Balaban J connectivity index is 2.45. The van der Waals surface area contributed by atoms with Crippen LogP contribution in [0.15, 0.2) is 30.3 Å². The van der Waals surface area contributed by atoms with Crippen molar-refractivity contribution < 1.29 is 19.1 Å². The van der Waals surface area contributed by atoms with Crippen LogP contribution in [0.25, 0.3) is 6.08 Å². The van der Waals surface area contributed by atoms with Crippen LogP contribution in [0.3, 0.4) is 0 Å². The molecule has 4 heteroatoms. The summed E-state index contributed by atoms with van der Waals surface area (Å²) in [6.07, 6.45) is 3.33. The molecule has 0 unspecified atom stereocenters. The third-order valence-corrected chi connectivity index (χ3v) is 2.17. The van der Waals surface area contributed by atoms with Crippen LogP contribution in [0.1, 0.15) is 18.9 Å². The van der Waals surface area contributed by atoms with E-state index in [4.69, 9.17) is 9.47 Å². The average Bonchev–Trinajstić information content (AvgIpc) is 2.34. The van der Waals surface area contributed by atoms with Gasteiger partial charge in [-0.25, -0.2) is 0 Å². The highest BCUT2D eigenvalue weighted by Crippen LogP contribution is 2.18. The van der Waals surface area contributed by atoms with E-state index in [0.717, 1.165) is 11.3 Å². The van der Waals surface area contributed by atoms with Gasteiger partial charge in [0.25, 0.3) is 0 Å². The number of Topliss-reactive ketones (excluding diaryl/α,β-unsaturated/α-hetero) is 1. The molecule has 18 heavy (non-hydrogen) atoms. The Morgan fingerprint density at radius 1 is 1.28 bits per heavy atom. The molecule has 0 heterocycles. The van der Waals surface area contributed by atoms with E-state index >= 15 is 0 Å². The van der Waals surface area contributed by atoms with Crippen LogP contribution in [-0.4, -0.2) is 25.5 Å². The molecule has 0 aliphatic heterocycles. The highest BCUT2D eigenvalue weighted by Gasteiger charge is 2.04. The zero-order valence-electron chi connectivity index (χ0n) is 10.5. The van der Waals surface area contributed by atoms with Crippen molar-refractivity contribution >= 4 is 17.8 Å². The number of hydrogen-bond acceptors (Lipinski definition) is 4. The zero-order chi connectivity index (χ0) is 13.4. The van der Waals surface area contributed by atoms with Gasteiger partial charge < -0.3 is 9.47 Å². The Morgan fingerprint density at radius 2 is 2.00 bits per heavy atom. The molecule has 0 aromatic heterocycles. The van der Waals surface area contributed by atoms with E-state index in [0.29, 0.717) is 0 Å². The van der Waals surface area contributed by atoms with Gasteiger partial charge in [-0.2, -0.15) is 0 Å². The molecule has 96 valence electrons. The SMILES string of the molecule is COc1ccccc1C=CCOC(=O)CC(C)=O. The van der Waals surface area contributed by atoms with Gasteiger partial charge in [0.1, 0.15) is 24.6 Å². The van der Waals surface area contributed by atoms with Crippen LogP contribution in [0.5, 0.6) is 5.75 Å². The van der Waals surface area contributed by atoms with Crippen LogP contribution in [0.2, 0.25) is 0 Å². The van der Waals surface area contributed by atoms with E-state index in [1.54, 1.807) is 19.3 Å². The molecule has 1 aromatic carbocycles. The van der Waals surface area contributed by atoms with Crippen molar-refractivity contribution in [2.24, 2.45) is 0 Å². The molecular formula is C14H16O4. The average molecular weight is 248 g/mol. The molecular weight excluding hydrogens is 232 g/mol. The predicted octanol–water partition coefficient (Wildman–Crippen LogP) is 2.23. The monoisotopic (exact) mass is 248 g/mol. The molecule has 0 fully saturated rings. The van der Waals surface area contributed by atoms with Crippen LogP contribution >= 0.6 is 0 Å². The summed E-state index contributed by atoms with van der Waals surface area (Å²) in [5, 5.41) is 0. The van der Waals surface area contributed by atoms with Gasteiger partial charge in [0, 0.05) is 5.56 Å². The third-order valence-electron chi connectivity index (χ3n) is 2.17. The van der Waals surface area contributed by atoms with Gasteiger partial charge in [-0.3, -0.25) is 9.59 Å². The fraction of sp³-hybridized carbons (Fsp3) is 0.286. The second-order valence-electron chi connectivity index (χ2n) is 3.71. The van der Waals surface area contributed by atoms with E-state index in [9.17, 15) is 9.59 Å². The maximum absolute atomic E-state index is 11.1. The number of methoxy groups -OCH3 is 1. The lowest BCUT2D eigenvalue weighted by Gasteiger charge is -2.03. The Morgan fingerprint density at radius 3 is 2.67 bits per heavy atom. The Hall–Kier alpha value is -2.10. The van der Waals surface area contributed by atoms with Crippen molar-refractivity contribution in [1.29, 1.82) is 0 Å². The fourth-order valence-corrected chi connectivity index (χ4v) is 1.37. The van der Waals surface area contributed by atoms with Crippen LogP contribution in [0.4, 0.5) is 0 Å². The third kappa shape index (κ3) is 4.82. The van der Waals surface area contributed by atoms with Crippen molar-refractivity contribution in [2.75, 3.05) is 13.7 Å². The summed E-state index contributed by atoms with van der Waals surface area (Å²) in [4.78, 5) is 21.7. The molecule has 1 rings (SSSR count). The minimum atomic E-state index is -0.507. The number of rotatable bonds is 6. The smallest absolute Gasteiger partial charge is 0.313 e. The summed E-state index contributed by atoms with van der Waals surface area (Å²) < 4.78 is 10.0. The van der Waals surface area contributed by atoms with Crippen molar-refractivity contribution in [1.82, 2.24) is 0 Å². The molecule has 0 saturated carbocycles. The molecule has 0 amide bonds. The summed E-state index contributed by atoms with van der Waals surface area (Å²) >= 11 is 0. The summed E-state index contributed by atoms with van der Waals surface area (Å²) in [7, 11) is 1.60. The summed E-state index contributed by atoms with van der Waals surface area (Å²) in [6, 6.07) is 7.52. The first-order valence-electron chi connectivity index (χ1n) is 5.58. The zero-order valence-corrected chi connectivity index (χ0v) is 10.5. The minimum Gasteiger partial charge on any atom is -0.496 e. The van der Waals surface area contributed by atoms with Gasteiger partial charge >= 0.3 is 5.97 Å². The molecule has 4 nitrogen and oxygen atoms in total. The number of benzene rings is 1. The maximum Gasteiger partial charge on any atom is 0.313 e. The number of ether oxygens (including phenoxy) is 2. The van der Waals surface area contributed by atoms with Gasteiger partial charge in [0.2, 0.25) is 0 Å². The quantitative estimate of drug-likeness (QED) is 0.572. The molecule has 0 aliphatic carbocycles. The lowest BCUT2D eigenvalue weighted by atomic mass is 10.2. The van der Waals surface area contributed by atoms with Gasteiger partial charge in [-0.05, 0) is 19.1 Å². The summed E-state index contributed by atoms with van der Waals surface area (Å²) in [5.41, 5.74) is 0.905. The Labute approximate surface area is 106 Å². The predicted molar refractivity (Wildman–Crippen MR) is 68.3 cm³/mol. The first kappa shape index (κ1) is 14.0. The molecule has 1 aromatic rings. The number of para-hydroxylation sites is 1. The van der Waals surface area contributed by atoms with E-state index in [2.05, 4.69) is 0 Å². The van der Waals surface area contributed by atoms with Crippen LogP contribution < -0.4 is 4.74 Å². The topological polar surface area (TPSA) is 52.6 Å². The maximum atomic E-state index is 11.1. The van der Waals surface area contributed by atoms with E-state index in [1.165, 1.54) is 6.92 Å². The van der Waals surface area contributed by atoms with Crippen molar-refractivity contribution in [3.8, 4) is 5.75 Å². The second kappa shape index (κ2) is 7.27. The first-order valence-corrected chi connectivity index (χ1v) is 5.58. The van der Waals surface area contributed by atoms with Gasteiger partial charge in [0.05, 0.1) is 7.11 Å². The molecule has 0 spiro atoms. The highest BCUT2D eigenvalue weighted by atomic mass is 16.5. The second-order valence-corrected chi connectivity index (χ2v) is 3.71. The standard InChI is InChI=1S/C14H16O4/c1-11(15)10-14(16)18-9-5-7-12-6-3-4-8-13(12)17-2/h3-8H,9-10H2,1-2H3. The number of esters is 1. The fourth-order valence-electron chi connectivity index (χ4n) is 1.37. The van der Waals surface area contributed by atoms with Crippen molar-refractivity contribution in [2.45, 2.75) is 13.3 Å². The number of hydrogen-bond donors (Lipinski definition) is 0. The van der Waals surface area contributed by atoms with Crippen LogP contribution in [-0.2, 0) is 14.3 Å². The van der Waals surface area contributed by atoms with Gasteiger partial charge in [-0.15, -0.1) is 0 Å². The molecule has 0 radical (unpaired) electrons. The molecule has 0 saturated heterocycles. The minimum absolute atomic E-state index is 0.143.